The summed E-state index contributed by atoms with van der Waals surface area (Å²) in [5, 5.41) is 8.10. The van der Waals surface area contributed by atoms with Gasteiger partial charge in [0.05, 0.1) is 13.2 Å². The maximum Gasteiger partial charge on any atom is 0.315 e. The van der Waals surface area contributed by atoms with Crippen molar-refractivity contribution < 1.29 is 9.53 Å². The third-order valence-electron chi connectivity index (χ3n) is 4.21. The van der Waals surface area contributed by atoms with Crippen LogP contribution in [0, 0.1) is 0 Å². The Morgan fingerprint density at radius 2 is 1.72 bits per heavy atom. The number of hydrogen-bond acceptors (Lipinski definition) is 2. The van der Waals surface area contributed by atoms with Crippen molar-refractivity contribution in [1.29, 1.82) is 0 Å². The molecule has 0 radical (unpaired) electrons. The predicted octanol–water partition coefficient (Wildman–Crippen LogP) is 4.41. The summed E-state index contributed by atoms with van der Waals surface area (Å²) in [6.45, 7) is 2.45. The van der Waals surface area contributed by atoms with Crippen LogP contribution in [-0.4, -0.2) is 13.1 Å². The van der Waals surface area contributed by atoms with E-state index >= 15 is 0 Å². The maximum absolute atomic E-state index is 12.1. The van der Waals surface area contributed by atoms with Crippen LogP contribution in [0.25, 0.3) is 10.8 Å². The predicted molar refractivity (Wildman–Crippen MR) is 101 cm³/mol. The van der Waals surface area contributed by atoms with E-state index in [0.717, 1.165) is 27.6 Å². The molecular formula is C21H22N2O2. The van der Waals surface area contributed by atoms with Crippen LogP contribution in [0.2, 0.25) is 0 Å². The molecule has 0 aromatic heterocycles. The molecule has 0 fully saturated rings. The molecule has 128 valence electrons. The second-order valence-corrected chi connectivity index (χ2v) is 6.01. The Balaban J connectivity index is 1.59. The van der Waals surface area contributed by atoms with Crippen LogP contribution < -0.4 is 15.4 Å². The second-order valence-electron chi connectivity index (χ2n) is 6.01. The quantitative estimate of drug-likeness (QED) is 0.726. The molecule has 0 bridgehead atoms. The molecule has 0 spiro atoms. The Morgan fingerprint density at radius 3 is 2.48 bits per heavy atom. The maximum atomic E-state index is 12.1. The smallest absolute Gasteiger partial charge is 0.315 e. The van der Waals surface area contributed by atoms with Gasteiger partial charge in [0.2, 0.25) is 0 Å². The highest BCUT2D eigenvalue weighted by Crippen LogP contribution is 2.21. The van der Waals surface area contributed by atoms with E-state index in [9.17, 15) is 4.79 Å². The van der Waals surface area contributed by atoms with E-state index in [1.807, 2.05) is 67.6 Å². The molecule has 3 rings (SSSR count). The first-order valence-electron chi connectivity index (χ1n) is 8.32. The topological polar surface area (TPSA) is 50.4 Å². The van der Waals surface area contributed by atoms with Gasteiger partial charge in [-0.25, -0.2) is 4.79 Å². The molecule has 4 nitrogen and oxygen atoms in total. The van der Waals surface area contributed by atoms with Gasteiger partial charge < -0.3 is 15.4 Å². The lowest BCUT2D eigenvalue weighted by molar-refractivity contribution is 0.237. The van der Waals surface area contributed by atoms with Gasteiger partial charge in [-0.15, -0.1) is 0 Å². The van der Waals surface area contributed by atoms with Crippen molar-refractivity contribution in [1.82, 2.24) is 10.6 Å². The molecule has 0 saturated heterocycles. The Kier molecular flexibility index (Phi) is 5.19. The van der Waals surface area contributed by atoms with Gasteiger partial charge in [0, 0.05) is 6.54 Å². The third-order valence-corrected chi connectivity index (χ3v) is 4.21. The van der Waals surface area contributed by atoms with Gasteiger partial charge in [-0.2, -0.15) is 0 Å². The number of methoxy groups -OCH3 is 1. The van der Waals surface area contributed by atoms with Crippen LogP contribution in [0.3, 0.4) is 0 Å². The molecule has 2 N–H and O–H groups in total. The zero-order chi connectivity index (χ0) is 17.6. The van der Waals surface area contributed by atoms with Crippen LogP contribution >= 0.6 is 0 Å². The minimum Gasteiger partial charge on any atom is -0.497 e. The average molecular weight is 334 g/mol. The number of benzene rings is 3. The zero-order valence-corrected chi connectivity index (χ0v) is 14.5. The summed E-state index contributed by atoms with van der Waals surface area (Å²) >= 11 is 0. The first-order valence-corrected chi connectivity index (χ1v) is 8.32. The first kappa shape index (κ1) is 16.8. The number of ether oxygens (including phenoxy) is 1. The van der Waals surface area contributed by atoms with Crippen LogP contribution in [0.4, 0.5) is 4.79 Å². The Bertz CT molecular complexity index is 862. The van der Waals surface area contributed by atoms with E-state index in [-0.39, 0.29) is 12.1 Å². The molecule has 3 aromatic rings. The molecule has 0 aliphatic carbocycles. The largest absolute Gasteiger partial charge is 0.497 e. The fraction of sp³-hybridized carbons (Fsp3) is 0.190. The SMILES string of the molecule is COc1ccc2cc(CNC(=O)NC(C)c3ccccc3)ccc2c1. The molecule has 1 atom stereocenters. The number of hydrogen-bond donors (Lipinski definition) is 2. The highest BCUT2D eigenvalue weighted by molar-refractivity contribution is 5.84. The van der Waals surface area contributed by atoms with Crippen LogP contribution in [0.1, 0.15) is 24.1 Å². The van der Waals surface area contributed by atoms with Gasteiger partial charge >= 0.3 is 6.03 Å². The van der Waals surface area contributed by atoms with E-state index in [0.29, 0.717) is 6.54 Å². The molecule has 0 aliphatic rings. The van der Waals surface area contributed by atoms with Crippen molar-refractivity contribution in [2.45, 2.75) is 19.5 Å². The van der Waals surface area contributed by atoms with Crippen molar-refractivity contribution in [2.24, 2.45) is 0 Å². The van der Waals surface area contributed by atoms with Crippen molar-refractivity contribution >= 4 is 16.8 Å². The minimum atomic E-state index is -0.175. The lowest BCUT2D eigenvalue weighted by Gasteiger charge is -2.15. The van der Waals surface area contributed by atoms with Gasteiger partial charge in [0.1, 0.15) is 5.75 Å². The van der Waals surface area contributed by atoms with E-state index in [4.69, 9.17) is 4.74 Å². The van der Waals surface area contributed by atoms with Gasteiger partial charge in [0.25, 0.3) is 0 Å². The van der Waals surface area contributed by atoms with Gasteiger partial charge in [-0.3, -0.25) is 0 Å². The number of amides is 2. The molecule has 1 unspecified atom stereocenters. The Morgan fingerprint density at radius 1 is 1.00 bits per heavy atom. The molecule has 4 heteroatoms. The Labute approximate surface area is 147 Å². The Hall–Kier alpha value is -3.01. The summed E-state index contributed by atoms with van der Waals surface area (Å²) in [4.78, 5) is 12.1. The summed E-state index contributed by atoms with van der Waals surface area (Å²) in [7, 11) is 1.66. The number of carbonyl (C=O) groups is 1. The van der Waals surface area contributed by atoms with Gasteiger partial charge in [0.15, 0.2) is 0 Å². The normalized spacial score (nSPS) is 11.8. The van der Waals surface area contributed by atoms with Crippen molar-refractivity contribution in [2.75, 3.05) is 7.11 Å². The number of nitrogens with one attached hydrogen (secondary N) is 2. The van der Waals surface area contributed by atoms with Gasteiger partial charge in [-0.1, -0.05) is 48.5 Å². The van der Waals surface area contributed by atoms with Crippen LogP contribution in [-0.2, 0) is 6.54 Å². The van der Waals surface area contributed by atoms with Crippen LogP contribution in [0.5, 0.6) is 5.75 Å². The molecule has 3 aromatic carbocycles. The summed E-state index contributed by atoms with van der Waals surface area (Å²) in [6, 6.07) is 21.8. The van der Waals surface area contributed by atoms with Gasteiger partial charge in [-0.05, 0) is 47.0 Å². The lowest BCUT2D eigenvalue weighted by atomic mass is 10.1. The zero-order valence-electron chi connectivity index (χ0n) is 14.5. The summed E-state index contributed by atoms with van der Waals surface area (Å²) in [5.74, 6) is 0.840. The number of fused-ring (bicyclic) bond motifs is 1. The molecule has 2 amide bonds. The van der Waals surface area contributed by atoms with Crippen molar-refractivity contribution in [3.8, 4) is 5.75 Å². The van der Waals surface area contributed by atoms with E-state index in [2.05, 4.69) is 16.7 Å². The summed E-state index contributed by atoms with van der Waals surface area (Å²) in [6.07, 6.45) is 0. The molecule has 0 aliphatic heterocycles. The summed E-state index contributed by atoms with van der Waals surface area (Å²) in [5.41, 5.74) is 2.14. The molecule has 0 heterocycles. The standard InChI is InChI=1S/C21H22N2O2/c1-15(17-6-4-3-5-7-17)23-21(24)22-14-16-8-9-19-13-20(25-2)11-10-18(19)12-16/h3-13,15H,14H2,1-2H3,(H2,22,23,24). The van der Waals surface area contributed by atoms with Crippen LogP contribution in [0.15, 0.2) is 66.7 Å². The summed E-state index contributed by atoms with van der Waals surface area (Å²) < 4.78 is 5.24. The fourth-order valence-corrected chi connectivity index (χ4v) is 2.77. The minimum absolute atomic E-state index is 0.0368. The van der Waals surface area contributed by atoms with E-state index in [1.165, 1.54) is 0 Å². The van der Waals surface area contributed by atoms with E-state index in [1.54, 1.807) is 7.11 Å². The number of rotatable bonds is 5. The highest BCUT2D eigenvalue weighted by Gasteiger charge is 2.08. The van der Waals surface area contributed by atoms with E-state index < -0.39 is 0 Å². The second kappa shape index (κ2) is 7.71. The third kappa shape index (κ3) is 4.29. The lowest BCUT2D eigenvalue weighted by Crippen LogP contribution is -2.36. The number of carbonyl (C=O) groups excluding carboxylic acids is 1. The van der Waals surface area contributed by atoms with Crippen molar-refractivity contribution in [3.63, 3.8) is 0 Å². The average Bonchev–Trinajstić information content (AvgIpc) is 2.66. The molecule has 25 heavy (non-hydrogen) atoms. The monoisotopic (exact) mass is 334 g/mol. The first-order chi connectivity index (χ1) is 12.2. The number of urea groups is 1. The highest BCUT2D eigenvalue weighted by atomic mass is 16.5. The fourth-order valence-electron chi connectivity index (χ4n) is 2.77. The molecular weight excluding hydrogens is 312 g/mol. The van der Waals surface area contributed by atoms with Crippen molar-refractivity contribution in [3.05, 3.63) is 77.9 Å². The molecule has 0 saturated carbocycles.